The number of nitrogens with zero attached hydrogens (tertiary/aromatic N) is 2. The predicted octanol–water partition coefficient (Wildman–Crippen LogP) is 2.29. The number of nitrogens with one attached hydrogen (secondary N) is 1. The van der Waals surface area contributed by atoms with E-state index in [0.29, 0.717) is 24.2 Å². The van der Waals surface area contributed by atoms with E-state index in [1.54, 1.807) is 13.1 Å². The molecule has 0 spiro atoms. The van der Waals surface area contributed by atoms with E-state index in [1.807, 2.05) is 25.1 Å². The summed E-state index contributed by atoms with van der Waals surface area (Å²) in [6, 6.07) is 7.36. The maximum absolute atomic E-state index is 12.2. The molecule has 1 aromatic heterocycles. The highest BCUT2D eigenvalue weighted by Gasteiger charge is 2.22. The summed E-state index contributed by atoms with van der Waals surface area (Å²) >= 11 is 0. The number of furan rings is 1. The van der Waals surface area contributed by atoms with Gasteiger partial charge in [-0.3, -0.25) is 9.59 Å². The molecule has 21 heavy (non-hydrogen) atoms. The van der Waals surface area contributed by atoms with Crippen molar-refractivity contribution in [1.29, 1.82) is 0 Å². The van der Waals surface area contributed by atoms with Gasteiger partial charge in [-0.15, -0.1) is 0 Å². The van der Waals surface area contributed by atoms with Crippen molar-refractivity contribution in [3.05, 3.63) is 30.0 Å². The third-order valence-electron chi connectivity index (χ3n) is 3.37. The molecule has 0 aliphatic carbocycles. The molecule has 1 aliphatic rings. The first-order valence-corrected chi connectivity index (χ1v) is 6.68. The lowest BCUT2D eigenvalue weighted by Gasteiger charge is -2.18. The summed E-state index contributed by atoms with van der Waals surface area (Å²) in [6.07, 6.45) is 0.671. The van der Waals surface area contributed by atoms with Gasteiger partial charge in [0.05, 0.1) is 0 Å². The first kappa shape index (κ1) is 13.4. The van der Waals surface area contributed by atoms with Crippen LogP contribution in [0.2, 0.25) is 0 Å². The van der Waals surface area contributed by atoms with Crippen LogP contribution in [0.3, 0.4) is 0 Å². The molecule has 2 amide bonds. The average Bonchev–Trinajstić information content (AvgIpc) is 2.81. The highest BCUT2D eigenvalue weighted by molar-refractivity contribution is 6.43. The second kappa shape index (κ2) is 5.05. The molecule has 0 saturated heterocycles. The van der Waals surface area contributed by atoms with Gasteiger partial charge in [-0.1, -0.05) is 0 Å². The minimum atomic E-state index is -0.283. The summed E-state index contributed by atoms with van der Waals surface area (Å²) in [5.41, 5.74) is 1.82. The number of aryl methyl sites for hydroxylation is 1. The van der Waals surface area contributed by atoms with Crippen molar-refractivity contribution in [1.82, 2.24) is 5.01 Å². The third-order valence-corrected chi connectivity index (χ3v) is 3.37. The van der Waals surface area contributed by atoms with Crippen molar-refractivity contribution in [2.45, 2.75) is 19.8 Å². The third kappa shape index (κ3) is 2.65. The molecule has 0 radical (unpaired) electrons. The molecule has 0 atom stereocenters. The van der Waals surface area contributed by atoms with E-state index >= 15 is 0 Å². The van der Waals surface area contributed by atoms with Gasteiger partial charge >= 0.3 is 0 Å². The van der Waals surface area contributed by atoms with Gasteiger partial charge in [-0.2, -0.15) is 5.10 Å². The fourth-order valence-corrected chi connectivity index (χ4v) is 2.29. The Hall–Kier alpha value is -2.63. The van der Waals surface area contributed by atoms with Gasteiger partial charge in [-0.05, 0) is 31.2 Å². The highest BCUT2D eigenvalue weighted by atomic mass is 16.3. The summed E-state index contributed by atoms with van der Waals surface area (Å²) in [7, 11) is 1.55. The summed E-state index contributed by atoms with van der Waals surface area (Å²) in [4.78, 5) is 23.5. The van der Waals surface area contributed by atoms with E-state index in [9.17, 15) is 9.59 Å². The number of hydrogen-bond donors (Lipinski definition) is 1. The van der Waals surface area contributed by atoms with E-state index < -0.39 is 0 Å². The van der Waals surface area contributed by atoms with Crippen LogP contribution in [0.15, 0.2) is 33.8 Å². The molecule has 2 heterocycles. The van der Waals surface area contributed by atoms with Crippen LogP contribution in [0, 0.1) is 6.92 Å². The molecule has 0 saturated carbocycles. The zero-order chi connectivity index (χ0) is 15.0. The molecule has 0 unspecified atom stereocenters. The molecular weight excluding hydrogens is 270 g/mol. The summed E-state index contributed by atoms with van der Waals surface area (Å²) in [5.74, 6) is 0.459. The maximum Gasteiger partial charge on any atom is 0.271 e. The Bertz CT molecular complexity index is 761. The van der Waals surface area contributed by atoms with Gasteiger partial charge in [-0.25, -0.2) is 5.01 Å². The molecule has 6 nitrogen and oxygen atoms in total. The minimum absolute atomic E-state index is 0.0816. The first-order chi connectivity index (χ1) is 10.0. The number of benzene rings is 1. The van der Waals surface area contributed by atoms with Crippen molar-refractivity contribution in [2.24, 2.45) is 5.10 Å². The van der Waals surface area contributed by atoms with Crippen LogP contribution >= 0.6 is 0 Å². The number of rotatable bonds is 2. The Morgan fingerprint density at radius 1 is 1.33 bits per heavy atom. The normalized spacial score (nSPS) is 15.2. The molecule has 1 N–H and O–H groups in total. The van der Waals surface area contributed by atoms with Gasteiger partial charge in [0.25, 0.3) is 5.91 Å². The smallest absolute Gasteiger partial charge is 0.271 e. The molecule has 0 bridgehead atoms. The summed E-state index contributed by atoms with van der Waals surface area (Å²) in [5, 5.41) is 8.94. The Labute approximate surface area is 121 Å². The van der Waals surface area contributed by atoms with E-state index in [0.717, 1.165) is 16.7 Å². The molecule has 2 aromatic rings. The van der Waals surface area contributed by atoms with Gasteiger partial charge in [0.15, 0.2) is 0 Å². The fraction of sp³-hybridized carbons (Fsp3) is 0.267. The number of anilines is 1. The van der Waals surface area contributed by atoms with Crippen LogP contribution in [0.25, 0.3) is 11.0 Å². The van der Waals surface area contributed by atoms with Crippen LogP contribution in [0.4, 0.5) is 5.69 Å². The predicted molar refractivity (Wildman–Crippen MR) is 79.0 cm³/mol. The Balaban J connectivity index is 1.80. The van der Waals surface area contributed by atoms with Crippen molar-refractivity contribution in [2.75, 3.05) is 12.4 Å². The van der Waals surface area contributed by atoms with Crippen LogP contribution in [-0.4, -0.2) is 29.6 Å². The largest absolute Gasteiger partial charge is 0.461 e. The Kier molecular flexibility index (Phi) is 3.21. The Morgan fingerprint density at radius 2 is 2.14 bits per heavy atom. The lowest BCUT2D eigenvalue weighted by atomic mass is 10.1. The molecule has 0 fully saturated rings. The number of amides is 2. The average molecular weight is 285 g/mol. The molecule has 1 aromatic carbocycles. The van der Waals surface area contributed by atoms with E-state index in [-0.39, 0.29) is 11.8 Å². The van der Waals surface area contributed by atoms with Crippen molar-refractivity contribution >= 4 is 34.2 Å². The lowest BCUT2D eigenvalue weighted by molar-refractivity contribution is -0.130. The minimum Gasteiger partial charge on any atom is -0.461 e. The second-order valence-electron chi connectivity index (χ2n) is 5.03. The number of carbonyl (C=O) groups is 2. The number of carbonyl (C=O) groups excluding carboxylic acids is 2. The van der Waals surface area contributed by atoms with E-state index in [2.05, 4.69) is 10.4 Å². The van der Waals surface area contributed by atoms with Crippen LogP contribution < -0.4 is 5.32 Å². The number of hydrazone groups is 1. The zero-order valence-corrected chi connectivity index (χ0v) is 11.8. The van der Waals surface area contributed by atoms with Crippen molar-refractivity contribution < 1.29 is 14.0 Å². The SMILES string of the molecule is Cc1cc2cc(NC(=O)C3=NN(C)C(=O)CC3)ccc2o1. The molecule has 108 valence electrons. The molecule has 3 rings (SSSR count). The highest BCUT2D eigenvalue weighted by Crippen LogP contribution is 2.22. The van der Waals surface area contributed by atoms with Gasteiger partial charge in [0.1, 0.15) is 17.1 Å². The standard InChI is InChI=1S/C15H15N3O3/c1-9-7-10-8-11(3-5-13(10)21-9)16-15(20)12-4-6-14(19)18(2)17-12/h3,5,7-8H,4,6H2,1-2H3,(H,16,20). The zero-order valence-electron chi connectivity index (χ0n) is 11.8. The molecular formula is C15H15N3O3. The monoisotopic (exact) mass is 285 g/mol. The lowest BCUT2D eigenvalue weighted by Crippen LogP contribution is -2.34. The van der Waals surface area contributed by atoms with Crippen LogP contribution in [-0.2, 0) is 9.59 Å². The molecule has 6 heteroatoms. The van der Waals surface area contributed by atoms with Gasteiger partial charge < -0.3 is 9.73 Å². The quantitative estimate of drug-likeness (QED) is 0.919. The van der Waals surface area contributed by atoms with Crippen molar-refractivity contribution in [3.8, 4) is 0 Å². The maximum atomic E-state index is 12.2. The first-order valence-electron chi connectivity index (χ1n) is 6.68. The van der Waals surface area contributed by atoms with E-state index in [1.165, 1.54) is 5.01 Å². The van der Waals surface area contributed by atoms with Gasteiger partial charge in [0, 0.05) is 31.0 Å². The van der Waals surface area contributed by atoms with Crippen molar-refractivity contribution in [3.63, 3.8) is 0 Å². The van der Waals surface area contributed by atoms with Crippen LogP contribution in [0.1, 0.15) is 18.6 Å². The van der Waals surface area contributed by atoms with Crippen LogP contribution in [0.5, 0.6) is 0 Å². The number of hydrogen-bond acceptors (Lipinski definition) is 4. The fourth-order valence-electron chi connectivity index (χ4n) is 2.29. The number of fused-ring (bicyclic) bond motifs is 1. The second-order valence-corrected chi connectivity index (χ2v) is 5.03. The Morgan fingerprint density at radius 3 is 2.90 bits per heavy atom. The summed E-state index contributed by atoms with van der Waals surface area (Å²) < 4.78 is 5.49. The van der Waals surface area contributed by atoms with E-state index in [4.69, 9.17) is 4.42 Å². The van der Waals surface area contributed by atoms with Gasteiger partial charge in [0.2, 0.25) is 5.91 Å². The molecule has 1 aliphatic heterocycles. The summed E-state index contributed by atoms with van der Waals surface area (Å²) in [6.45, 7) is 1.88. The topological polar surface area (TPSA) is 74.9 Å².